The number of aliphatic imine (C=N–C) groups is 1. The smallest absolute Gasteiger partial charge is 0.191 e. The number of guanidine groups is 1. The molecule has 27 heavy (non-hydrogen) atoms. The summed E-state index contributed by atoms with van der Waals surface area (Å²) in [4.78, 5) is 7.37. The van der Waals surface area contributed by atoms with Crippen LogP contribution in [0.5, 0.6) is 0 Å². The van der Waals surface area contributed by atoms with E-state index in [1.54, 1.807) is 6.33 Å². The molecule has 1 atom stereocenters. The molecule has 7 nitrogen and oxygen atoms in total. The summed E-state index contributed by atoms with van der Waals surface area (Å²) >= 11 is 0. The fourth-order valence-electron chi connectivity index (χ4n) is 3.20. The molecule has 0 saturated carbocycles. The zero-order chi connectivity index (χ0) is 19.4. The molecule has 0 aliphatic heterocycles. The van der Waals surface area contributed by atoms with Crippen molar-refractivity contribution in [2.24, 2.45) is 10.9 Å². The molecule has 2 N–H and O–H groups in total. The Balaban J connectivity index is 0.00000676. The van der Waals surface area contributed by atoms with E-state index in [0.29, 0.717) is 12.0 Å². The summed E-state index contributed by atoms with van der Waals surface area (Å²) in [5.74, 6) is 2.58. The first kappa shape index (κ1) is 26.1. The van der Waals surface area contributed by atoms with Crippen LogP contribution in [0.2, 0.25) is 0 Å². The van der Waals surface area contributed by atoms with Gasteiger partial charge in [-0.3, -0.25) is 9.89 Å². The minimum absolute atomic E-state index is 0. The lowest BCUT2D eigenvalue weighted by Gasteiger charge is -2.30. The summed E-state index contributed by atoms with van der Waals surface area (Å²) in [6.45, 7) is 18.7. The van der Waals surface area contributed by atoms with E-state index < -0.39 is 0 Å². The first-order valence-corrected chi connectivity index (χ1v) is 10.2. The third-order valence-electron chi connectivity index (χ3n) is 4.53. The highest BCUT2D eigenvalue weighted by Crippen LogP contribution is 2.12. The Morgan fingerprint density at radius 1 is 1.19 bits per heavy atom. The lowest BCUT2D eigenvalue weighted by Crippen LogP contribution is -2.42. The first-order valence-electron chi connectivity index (χ1n) is 10.2. The molecule has 0 radical (unpaired) electrons. The predicted octanol–water partition coefficient (Wildman–Crippen LogP) is 2.77. The zero-order valence-corrected chi connectivity index (χ0v) is 20.4. The highest BCUT2D eigenvalue weighted by molar-refractivity contribution is 14.0. The Morgan fingerprint density at radius 2 is 1.89 bits per heavy atom. The van der Waals surface area contributed by atoms with Crippen LogP contribution in [0.25, 0.3) is 0 Å². The number of halogens is 1. The molecule has 0 bridgehead atoms. The summed E-state index contributed by atoms with van der Waals surface area (Å²) in [5.41, 5.74) is 0. The van der Waals surface area contributed by atoms with Crippen molar-refractivity contribution in [1.82, 2.24) is 30.3 Å². The molecule has 158 valence electrons. The van der Waals surface area contributed by atoms with Gasteiger partial charge in [0.2, 0.25) is 0 Å². The Hall–Kier alpha value is -0.900. The molecule has 1 rings (SSSR count). The fraction of sp³-hybridized carbons (Fsp3) is 0.842. The molecule has 0 amide bonds. The maximum absolute atomic E-state index is 4.86. The number of hydrogen-bond acceptors (Lipinski definition) is 4. The van der Waals surface area contributed by atoms with Crippen molar-refractivity contribution in [3.05, 3.63) is 12.2 Å². The van der Waals surface area contributed by atoms with Gasteiger partial charge in [-0.25, -0.2) is 0 Å². The molecule has 1 heterocycles. The summed E-state index contributed by atoms with van der Waals surface area (Å²) in [6.07, 6.45) is 3.86. The van der Waals surface area contributed by atoms with Crippen LogP contribution in [0.1, 0.15) is 53.8 Å². The van der Waals surface area contributed by atoms with Crippen molar-refractivity contribution >= 4 is 29.9 Å². The number of aryl methyl sites for hydroxylation is 1. The molecule has 1 aromatic rings. The molecular weight excluding hydrogens is 453 g/mol. The predicted molar refractivity (Wildman–Crippen MR) is 125 cm³/mol. The number of nitrogens with one attached hydrogen (secondary N) is 2. The third-order valence-corrected chi connectivity index (χ3v) is 4.53. The Morgan fingerprint density at radius 3 is 2.44 bits per heavy atom. The number of likely N-dealkylation sites (N-methyl/N-ethyl adjacent to an activating group) is 1. The van der Waals surface area contributed by atoms with Crippen molar-refractivity contribution < 1.29 is 0 Å². The molecule has 0 aliphatic carbocycles. The van der Waals surface area contributed by atoms with E-state index in [1.807, 2.05) is 0 Å². The van der Waals surface area contributed by atoms with Gasteiger partial charge in [-0.15, -0.1) is 34.2 Å². The van der Waals surface area contributed by atoms with E-state index >= 15 is 0 Å². The van der Waals surface area contributed by atoms with Crippen LogP contribution < -0.4 is 10.6 Å². The van der Waals surface area contributed by atoms with E-state index in [4.69, 9.17) is 4.99 Å². The standard InChI is InChI=1S/C19H39N7.HI/c1-7-18-24-23-15-26(18)12-11-21-19(20-8-2)22-14-17(13-16(5)6)25(9-3)10-4;/h15-17H,7-14H2,1-6H3,(H2,20,21,22);1H. The average Bonchev–Trinajstić information content (AvgIpc) is 3.07. The van der Waals surface area contributed by atoms with Crippen LogP contribution in [0.4, 0.5) is 0 Å². The highest BCUT2D eigenvalue weighted by Gasteiger charge is 2.17. The van der Waals surface area contributed by atoms with Crippen LogP contribution in [0.3, 0.4) is 0 Å². The van der Waals surface area contributed by atoms with E-state index in [9.17, 15) is 0 Å². The minimum atomic E-state index is 0. The minimum Gasteiger partial charge on any atom is -0.357 e. The van der Waals surface area contributed by atoms with Gasteiger partial charge in [-0.05, 0) is 32.4 Å². The molecule has 8 heteroatoms. The Labute approximate surface area is 182 Å². The van der Waals surface area contributed by atoms with Gasteiger partial charge >= 0.3 is 0 Å². The summed E-state index contributed by atoms with van der Waals surface area (Å²) in [7, 11) is 0. The maximum Gasteiger partial charge on any atom is 0.191 e. The topological polar surface area (TPSA) is 70.4 Å². The molecule has 1 aromatic heterocycles. The van der Waals surface area contributed by atoms with Crippen LogP contribution in [0.15, 0.2) is 11.3 Å². The quantitative estimate of drug-likeness (QED) is 0.266. The molecular formula is C19H40IN7. The first-order chi connectivity index (χ1) is 12.5. The molecule has 0 aromatic carbocycles. The molecule has 0 aliphatic rings. The number of rotatable bonds is 12. The van der Waals surface area contributed by atoms with Crippen molar-refractivity contribution in [2.45, 2.75) is 67.0 Å². The van der Waals surface area contributed by atoms with Gasteiger partial charge in [-0.2, -0.15) is 0 Å². The van der Waals surface area contributed by atoms with E-state index in [0.717, 1.165) is 57.5 Å². The SMILES string of the molecule is CCNC(=NCC(CC(C)C)N(CC)CC)NCCn1cnnc1CC.I. The average molecular weight is 493 g/mol. The van der Waals surface area contributed by atoms with Gasteiger partial charge in [-0.1, -0.05) is 34.6 Å². The summed E-state index contributed by atoms with van der Waals surface area (Å²) in [6, 6.07) is 0.491. The summed E-state index contributed by atoms with van der Waals surface area (Å²) < 4.78 is 2.09. The van der Waals surface area contributed by atoms with E-state index in [-0.39, 0.29) is 24.0 Å². The van der Waals surface area contributed by atoms with Crippen molar-refractivity contribution in [3.8, 4) is 0 Å². The summed E-state index contributed by atoms with van der Waals surface area (Å²) in [5, 5.41) is 14.9. The monoisotopic (exact) mass is 493 g/mol. The van der Waals surface area contributed by atoms with Crippen LogP contribution >= 0.6 is 24.0 Å². The fourth-order valence-corrected chi connectivity index (χ4v) is 3.20. The van der Waals surface area contributed by atoms with Crippen LogP contribution in [0, 0.1) is 5.92 Å². The number of aromatic nitrogens is 3. The zero-order valence-electron chi connectivity index (χ0n) is 18.0. The van der Waals surface area contributed by atoms with Gasteiger partial charge < -0.3 is 15.2 Å². The second kappa shape index (κ2) is 15.1. The Bertz CT molecular complexity index is 512. The molecule has 0 saturated heterocycles. The third kappa shape index (κ3) is 9.73. The van der Waals surface area contributed by atoms with Crippen LogP contribution in [-0.4, -0.2) is 64.4 Å². The van der Waals surface area contributed by atoms with Crippen molar-refractivity contribution in [1.29, 1.82) is 0 Å². The lowest BCUT2D eigenvalue weighted by molar-refractivity contribution is 0.196. The van der Waals surface area contributed by atoms with E-state index in [2.05, 4.69) is 71.8 Å². The van der Waals surface area contributed by atoms with E-state index in [1.165, 1.54) is 6.42 Å². The van der Waals surface area contributed by atoms with Gasteiger partial charge in [0.1, 0.15) is 12.2 Å². The molecule has 0 fully saturated rings. The Kier molecular flexibility index (Phi) is 14.6. The van der Waals surface area contributed by atoms with Gasteiger partial charge in [0.05, 0.1) is 6.54 Å². The van der Waals surface area contributed by atoms with Crippen molar-refractivity contribution in [2.75, 3.05) is 32.7 Å². The number of hydrogen-bond donors (Lipinski definition) is 2. The largest absolute Gasteiger partial charge is 0.357 e. The highest BCUT2D eigenvalue weighted by atomic mass is 127. The second-order valence-electron chi connectivity index (χ2n) is 6.95. The van der Waals surface area contributed by atoms with Crippen molar-refractivity contribution in [3.63, 3.8) is 0 Å². The number of nitrogens with zero attached hydrogens (tertiary/aromatic N) is 5. The maximum atomic E-state index is 4.86. The normalized spacial score (nSPS) is 13.0. The molecule has 0 spiro atoms. The van der Waals surface area contributed by atoms with Gasteiger partial charge in [0.25, 0.3) is 0 Å². The van der Waals surface area contributed by atoms with Gasteiger partial charge in [0, 0.05) is 32.1 Å². The van der Waals surface area contributed by atoms with Crippen LogP contribution in [-0.2, 0) is 13.0 Å². The molecule has 1 unspecified atom stereocenters. The second-order valence-corrected chi connectivity index (χ2v) is 6.95. The lowest BCUT2D eigenvalue weighted by atomic mass is 10.0. The van der Waals surface area contributed by atoms with Gasteiger partial charge in [0.15, 0.2) is 5.96 Å².